The van der Waals surface area contributed by atoms with Gasteiger partial charge in [-0.25, -0.2) is 4.98 Å². The highest BCUT2D eigenvalue weighted by atomic mass is 32.1. The molecule has 3 rings (SSSR count). The first kappa shape index (κ1) is 13.1. The van der Waals surface area contributed by atoms with E-state index in [-0.39, 0.29) is 17.6 Å². The summed E-state index contributed by atoms with van der Waals surface area (Å²) >= 11 is 1.59. The van der Waals surface area contributed by atoms with E-state index in [2.05, 4.69) is 24.1 Å². The van der Waals surface area contributed by atoms with Crippen molar-refractivity contribution >= 4 is 17.2 Å². The molecule has 1 aromatic heterocycles. The fraction of sp³-hybridized carbons (Fsp3) is 0.714. The summed E-state index contributed by atoms with van der Waals surface area (Å²) in [5, 5.41) is 5.64. The van der Waals surface area contributed by atoms with Gasteiger partial charge in [0.15, 0.2) is 0 Å². The Morgan fingerprint density at radius 3 is 2.84 bits per heavy atom. The van der Waals surface area contributed by atoms with Gasteiger partial charge in [-0.3, -0.25) is 10.1 Å². The topological polar surface area (TPSA) is 45.2 Å². The SMILES string of the molecule is CC(C)CN1C(=O)C2(CCCC2)N[C@@H]1c1cscn1. The maximum absolute atomic E-state index is 12.8. The van der Waals surface area contributed by atoms with Crippen LogP contribution < -0.4 is 5.32 Å². The molecule has 0 radical (unpaired) electrons. The molecular formula is C14H21N3OS. The lowest BCUT2D eigenvalue weighted by atomic mass is 9.98. The summed E-state index contributed by atoms with van der Waals surface area (Å²) in [4.78, 5) is 19.2. The van der Waals surface area contributed by atoms with Crippen LogP contribution in [0.25, 0.3) is 0 Å². The monoisotopic (exact) mass is 279 g/mol. The Bertz CT molecular complexity index is 451. The van der Waals surface area contributed by atoms with Crippen molar-refractivity contribution in [3.8, 4) is 0 Å². The third-order valence-electron chi connectivity index (χ3n) is 4.15. The first-order valence-corrected chi connectivity index (χ1v) is 8.03. The number of hydrogen-bond acceptors (Lipinski definition) is 4. The van der Waals surface area contributed by atoms with E-state index in [0.29, 0.717) is 5.92 Å². The molecule has 1 aliphatic heterocycles. The Labute approximate surface area is 118 Å². The van der Waals surface area contributed by atoms with Crippen molar-refractivity contribution in [2.45, 2.75) is 51.2 Å². The number of carbonyl (C=O) groups excluding carboxylic acids is 1. The summed E-state index contributed by atoms with van der Waals surface area (Å²) in [6.45, 7) is 5.12. The van der Waals surface area contributed by atoms with Crippen LogP contribution in [0.1, 0.15) is 51.4 Å². The van der Waals surface area contributed by atoms with Crippen molar-refractivity contribution in [3.63, 3.8) is 0 Å². The van der Waals surface area contributed by atoms with E-state index < -0.39 is 0 Å². The molecule has 5 heteroatoms. The van der Waals surface area contributed by atoms with Crippen LogP contribution in [0, 0.1) is 5.92 Å². The van der Waals surface area contributed by atoms with E-state index in [4.69, 9.17) is 0 Å². The molecule has 1 N–H and O–H groups in total. The second kappa shape index (κ2) is 4.87. The highest BCUT2D eigenvalue weighted by molar-refractivity contribution is 7.07. The Balaban J connectivity index is 1.91. The summed E-state index contributed by atoms with van der Waals surface area (Å²) in [7, 11) is 0. The van der Waals surface area contributed by atoms with Gasteiger partial charge in [-0.05, 0) is 18.8 Å². The molecule has 1 spiro atoms. The zero-order valence-electron chi connectivity index (χ0n) is 11.6. The molecule has 2 fully saturated rings. The zero-order valence-corrected chi connectivity index (χ0v) is 12.4. The van der Waals surface area contributed by atoms with E-state index >= 15 is 0 Å². The lowest BCUT2D eigenvalue weighted by Crippen LogP contribution is -2.44. The van der Waals surface area contributed by atoms with Crippen LogP contribution in [0.5, 0.6) is 0 Å². The summed E-state index contributed by atoms with van der Waals surface area (Å²) in [6, 6.07) is 0. The third-order valence-corrected chi connectivity index (χ3v) is 4.75. The van der Waals surface area contributed by atoms with Crippen molar-refractivity contribution in [2.24, 2.45) is 5.92 Å². The molecule has 19 heavy (non-hydrogen) atoms. The number of nitrogens with zero attached hydrogens (tertiary/aromatic N) is 2. The van der Waals surface area contributed by atoms with E-state index in [1.807, 2.05) is 15.8 Å². The van der Waals surface area contributed by atoms with E-state index in [9.17, 15) is 4.79 Å². The van der Waals surface area contributed by atoms with Gasteiger partial charge in [-0.1, -0.05) is 26.7 Å². The minimum Gasteiger partial charge on any atom is -0.319 e. The van der Waals surface area contributed by atoms with Gasteiger partial charge in [0.1, 0.15) is 6.17 Å². The molecule has 2 aliphatic rings. The smallest absolute Gasteiger partial charge is 0.244 e. The number of amides is 1. The molecule has 1 atom stereocenters. The molecule has 1 aliphatic carbocycles. The minimum atomic E-state index is -0.302. The third kappa shape index (κ3) is 2.19. The maximum Gasteiger partial charge on any atom is 0.244 e. The first-order valence-electron chi connectivity index (χ1n) is 7.09. The standard InChI is InChI=1S/C14H21N3OS/c1-10(2)7-17-12(11-8-19-9-15-11)16-14(13(17)18)5-3-4-6-14/h8-10,12,16H,3-7H2,1-2H3/t12-/m0/s1. The number of aromatic nitrogens is 1. The fourth-order valence-electron chi connectivity index (χ4n) is 3.30. The van der Waals surface area contributed by atoms with Gasteiger partial charge in [-0.2, -0.15) is 0 Å². The molecule has 4 nitrogen and oxygen atoms in total. The van der Waals surface area contributed by atoms with Gasteiger partial charge < -0.3 is 4.90 Å². The van der Waals surface area contributed by atoms with E-state index in [1.54, 1.807) is 11.3 Å². The summed E-state index contributed by atoms with van der Waals surface area (Å²) in [5.41, 5.74) is 2.53. The predicted molar refractivity (Wildman–Crippen MR) is 75.7 cm³/mol. The molecule has 104 valence electrons. The van der Waals surface area contributed by atoms with Crippen LogP contribution in [0.4, 0.5) is 0 Å². The highest BCUT2D eigenvalue weighted by Gasteiger charge is 2.52. The Morgan fingerprint density at radius 2 is 2.26 bits per heavy atom. The van der Waals surface area contributed by atoms with Crippen molar-refractivity contribution < 1.29 is 4.79 Å². The van der Waals surface area contributed by atoms with Crippen molar-refractivity contribution in [2.75, 3.05) is 6.54 Å². The van der Waals surface area contributed by atoms with Gasteiger partial charge in [0, 0.05) is 11.9 Å². The van der Waals surface area contributed by atoms with Crippen molar-refractivity contribution in [1.82, 2.24) is 15.2 Å². The Morgan fingerprint density at radius 1 is 1.53 bits per heavy atom. The van der Waals surface area contributed by atoms with Crippen molar-refractivity contribution in [3.05, 3.63) is 16.6 Å². The summed E-state index contributed by atoms with van der Waals surface area (Å²) in [5.74, 6) is 0.764. The molecule has 1 aromatic rings. The zero-order chi connectivity index (χ0) is 13.5. The highest BCUT2D eigenvalue weighted by Crippen LogP contribution is 2.40. The predicted octanol–water partition coefficient (Wildman–Crippen LogP) is 2.54. The molecule has 0 unspecified atom stereocenters. The Hall–Kier alpha value is -0.940. The molecule has 1 saturated carbocycles. The van der Waals surface area contributed by atoms with E-state index in [0.717, 1.165) is 37.9 Å². The first-order chi connectivity index (χ1) is 9.12. The number of thiazole rings is 1. The average molecular weight is 279 g/mol. The second-order valence-corrected chi connectivity index (χ2v) is 6.82. The number of nitrogens with one attached hydrogen (secondary N) is 1. The fourth-order valence-corrected chi connectivity index (χ4v) is 3.88. The molecule has 1 saturated heterocycles. The lowest BCUT2D eigenvalue weighted by molar-refractivity contribution is -0.133. The summed E-state index contributed by atoms with van der Waals surface area (Å²) < 4.78 is 0. The van der Waals surface area contributed by atoms with Crippen LogP contribution in [0.3, 0.4) is 0 Å². The largest absolute Gasteiger partial charge is 0.319 e. The quantitative estimate of drug-likeness (QED) is 0.925. The van der Waals surface area contributed by atoms with Gasteiger partial charge in [0.2, 0.25) is 5.91 Å². The van der Waals surface area contributed by atoms with Gasteiger partial charge in [0.05, 0.1) is 16.7 Å². The number of rotatable bonds is 3. The van der Waals surface area contributed by atoms with Crippen molar-refractivity contribution in [1.29, 1.82) is 0 Å². The van der Waals surface area contributed by atoms with Crippen LogP contribution in [0.2, 0.25) is 0 Å². The van der Waals surface area contributed by atoms with Gasteiger partial charge >= 0.3 is 0 Å². The van der Waals surface area contributed by atoms with Crippen LogP contribution >= 0.6 is 11.3 Å². The van der Waals surface area contributed by atoms with Crippen LogP contribution in [0.15, 0.2) is 10.9 Å². The molecular weight excluding hydrogens is 258 g/mol. The van der Waals surface area contributed by atoms with Gasteiger partial charge in [-0.15, -0.1) is 11.3 Å². The number of carbonyl (C=O) groups is 1. The molecule has 0 bridgehead atoms. The molecule has 1 amide bonds. The lowest BCUT2D eigenvalue weighted by Gasteiger charge is -2.24. The van der Waals surface area contributed by atoms with Gasteiger partial charge in [0.25, 0.3) is 0 Å². The van der Waals surface area contributed by atoms with Crippen LogP contribution in [-0.4, -0.2) is 27.9 Å². The van der Waals surface area contributed by atoms with Crippen LogP contribution in [-0.2, 0) is 4.79 Å². The number of hydrogen-bond donors (Lipinski definition) is 1. The Kier molecular flexibility index (Phi) is 3.35. The normalized spacial score (nSPS) is 25.9. The molecule has 2 heterocycles. The second-order valence-electron chi connectivity index (χ2n) is 6.10. The molecule has 0 aromatic carbocycles. The summed E-state index contributed by atoms with van der Waals surface area (Å²) in [6.07, 6.45) is 4.22. The average Bonchev–Trinajstić information content (AvgIpc) is 3.07. The minimum absolute atomic E-state index is 0.0285. The van der Waals surface area contributed by atoms with E-state index in [1.165, 1.54) is 0 Å². The maximum atomic E-state index is 12.8.